The lowest BCUT2D eigenvalue weighted by molar-refractivity contribution is -0.148. The van der Waals surface area contributed by atoms with Crippen molar-refractivity contribution in [1.82, 2.24) is 19.0 Å². The van der Waals surface area contributed by atoms with Crippen LogP contribution in [-0.4, -0.2) is 56.2 Å². The molecular formula is C33H31ClFN5O6. The van der Waals surface area contributed by atoms with E-state index in [1.54, 1.807) is 32.2 Å². The fourth-order valence-electron chi connectivity index (χ4n) is 6.39. The van der Waals surface area contributed by atoms with Gasteiger partial charge in [-0.3, -0.25) is 23.9 Å². The number of nitrogens with zero attached hydrogens (tertiary/aromatic N) is 4. The number of carbonyl (C=O) groups excluding carboxylic acids is 1. The molecule has 1 atom stereocenters. The lowest BCUT2D eigenvalue weighted by Crippen LogP contribution is -2.51. The molecule has 4 aromatic rings. The van der Waals surface area contributed by atoms with Crippen LogP contribution in [0.15, 0.2) is 52.2 Å². The first kappa shape index (κ1) is 31.2. The van der Waals surface area contributed by atoms with E-state index in [0.29, 0.717) is 41.4 Å². The number of benzene rings is 2. The molecule has 2 aliphatic rings. The summed E-state index contributed by atoms with van der Waals surface area (Å²) in [6, 6.07) is 9.77. The maximum atomic E-state index is 15.5. The summed E-state index contributed by atoms with van der Waals surface area (Å²) in [6.07, 6.45) is 2.73. The minimum atomic E-state index is -0.793. The molecule has 238 valence electrons. The number of likely N-dealkylation sites (tertiary alicyclic amines) is 1. The topological polar surface area (TPSA) is 136 Å². The Bertz CT molecular complexity index is 2050. The van der Waals surface area contributed by atoms with Crippen molar-refractivity contribution in [1.29, 1.82) is 0 Å². The molecule has 0 radical (unpaired) electrons. The maximum Gasteiger partial charge on any atom is 0.330 e. The standard InChI is InChI=1S/C33H31ClFN5O6/c1-16-23(36-29(41)21-15-38(2)33(45)39(3)31(21)42)10-9-22(35)26(16)20-7-5-6-19(28(20)34)24-12-17-8-11-25(27(17)30(37-24)46-4)40-13-18(14-40)32(43)44/h5-7,9-10,12,15,18,25H,8,11,13-14H2,1-4H3,(H,36,41)(H,43,44). The van der Waals surface area contributed by atoms with Gasteiger partial charge in [0.05, 0.1) is 23.7 Å². The molecule has 2 N–H and O–H groups in total. The van der Waals surface area contributed by atoms with Gasteiger partial charge in [0.15, 0.2) is 0 Å². The molecular weight excluding hydrogens is 617 g/mol. The van der Waals surface area contributed by atoms with Gasteiger partial charge >= 0.3 is 11.7 Å². The Balaban J connectivity index is 1.35. The Labute approximate surface area is 267 Å². The van der Waals surface area contributed by atoms with Crippen LogP contribution in [0.2, 0.25) is 5.02 Å². The van der Waals surface area contributed by atoms with Crippen molar-refractivity contribution in [2.45, 2.75) is 25.8 Å². The van der Waals surface area contributed by atoms with E-state index in [-0.39, 0.29) is 33.8 Å². The zero-order valence-electron chi connectivity index (χ0n) is 25.6. The van der Waals surface area contributed by atoms with Crippen molar-refractivity contribution in [2.75, 3.05) is 25.5 Å². The van der Waals surface area contributed by atoms with Gasteiger partial charge < -0.3 is 19.7 Å². The number of carboxylic acid groups (broad SMARTS) is 1. The Morgan fingerprint density at radius 3 is 2.54 bits per heavy atom. The predicted octanol–water partition coefficient (Wildman–Crippen LogP) is 4.18. The molecule has 46 heavy (non-hydrogen) atoms. The third-order valence-corrected chi connectivity index (χ3v) is 9.33. The van der Waals surface area contributed by atoms with E-state index in [9.17, 15) is 24.3 Å². The molecule has 1 aliphatic carbocycles. The number of carboxylic acids is 1. The van der Waals surface area contributed by atoms with Crippen molar-refractivity contribution in [2.24, 2.45) is 20.0 Å². The van der Waals surface area contributed by atoms with Crippen LogP contribution in [-0.2, 0) is 25.3 Å². The number of methoxy groups -OCH3 is 1. The number of fused-ring (bicyclic) bond motifs is 1. The number of nitrogens with one attached hydrogen (secondary N) is 1. The van der Waals surface area contributed by atoms with Gasteiger partial charge in [-0.15, -0.1) is 0 Å². The Hall–Kier alpha value is -4.81. The summed E-state index contributed by atoms with van der Waals surface area (Å²) in [5.41, 5.74) is 2.69. The van der Waals surface area contributed by atoms with Gasteiger partial charge in [-0.2, -0.15) is 0 Å². The Morgan fingerprint density at radius 2 is 1.85 bits per heavy atom. The molecule has 1 unspecified atom stereocenters. The van der Waals surface area contributed by atoms with E-state index in [0.717, 1.165) is 39.3 Å². The largest absolute Gasteiger partial charge is 0.481 e. The molecule has 1 saturated heterocycles. The minimum absolute atomic E-state index is 0.0135. The molecule has 2 aromatic heterocycles. The fourth-order valence-corrected chi connectivity index (χ4v) is 6.70. The van der Waals surface area contributed by atoms with Gasteiger partial charge in [0, 0.05) is 67.4 Å². The average Bonchev–Trinajstić information content (AvgIpc) is 3.42. The van der Waals surface area contributed by atoms with Crippen molar-refractivity contribution in [3.63, 3.8) is 0 Å². The summed E-state index contributed by atoms with van der Waals surface area (Å²) < 4.78 is 23.2. The second-order valence-electron chi connectivity index (χ2n) is 11.6. The number of ether oxygens (including phenoxy) is 1. The molecule has 0 bridgehead atoms. The highest BCUT2D eigenvalue weighted by molar-refractivity contribution is 6.36. The van der Waals surface area contributed by atoms with E-state index in [2.05, 4.69) is 10.2 Å². The highest BCUT2D eigenvalue weighted by Crippen LogP contribution is 2.46. The molecule has 2 aromatic carbocycles. The summed E-state index contributed by atoms with van der Waals surface area (Å²) in [6.45, 7) is 2.59. The first-order valence-electron chi connectivity index (χ1n) is 14.6. The molecule has 6 rings (SSSR count). The molecule has 1 fully saturated rings. The van der Waals surface area contributed by atoms with Crippen LogP contribution in [0.4, 0.5) is 10.1 Å². The van der Waals surface area contributed by atoms with Crippen molar-refractivity contribution < 1.29 is 23.8 Å². The van der Waals surface area contributed by atoms with Crippen LogP contribution in [0, 0.1) is 18.7 Å². The second kappa shape index (κ2) is 11.8. The monoisotopic (exact) mass is 647 g/mol. The number of hydrogen-bond donors (Lipinski definition) is 2. The fraction of sp³-hybridized carbons (Fsp3) is 0.303. The molecule has 0 saturated carbocycles. The normalized spacial score (nSPS) is 16.2. The van der Waals surface area contributed by atoms with Crippen molar-refractivity contribution >= 4 is 29.2 Å². The van der Waals surface area contributed by atoms with Gasteiger partial charge in [0.2, 0.25) is 5.88 Å². The van der Waals surface area contributed by atoms with Crippen LogP contribution in [0.1, 0.15) is 39.5 Å². The number of halogens is 2. The Kier molecular flexibility index (Phi) is 8.03. The molecule has 13 heteroatoms. The number of carbonyl (C=O) groups is 2. The highest BCUT2D eigenvalue weighted by Gasteiger charge is 2.41. The second-order valence-corrected chi connectivity index (χ2v) is 12.0. The van der Waals surface area contributed by atoms with Crippen LogP contribution in [0.25, 0.3) is 22.4 Å². The van der Waals surface area contributed by atoms with E-state index in [1.807, 2.05) is 6.07 Å². The van der Waals surface area contributed by atoms with Gasteiger partial charge in [-0.05, 0) is 49.1 Å². The first-order valence-corrected chi connectivity index (χ1v) is 15.0. The lowest BCUT2D eigenvalue weighted by atomic mass is 9.94. The van der Waals surface area contributed by atoms with Crippen molar-refractivity contribution in [3.05, 3.63) is 96.5 Å². The van der Waals surface area contributed by atoms with E-state index >= 15 is 4.39 Å². The summed E-state index contributed by atoms with van der Waals surface area (Å²) in [5, 5.41) is 12.2. The third kappa shape index (κ3) is 5.17. The van der Waals surface area contributed by atoms with Gasteiger partial charge in [-0.1, -0.05) is 29.8 Å². The highest BCUT2D eigenvalue weighted by atomic mass is 35.5. The van der Waals surface area contributed by atoms with E-state index in [1.165, 1.54) is 26.2 Å². The molecule has 1 amide bonds. The zero-order chi connectivity index (χ0) is 33.0. The molecule has 1 aliphatic heterocycles. The van der Waals surface area contributed by atoms with Crippen LogP contribution >= 0.6 is 11.6 Å². The number of hydrogen-bond acceptors (Lipinski definition) is 7. The number of pyridine rings is 1. The number of aryl methyl sites for hydroxylation is 2. The average molecular weight is 648 g/mol. The van der Waals surface area contributed by atoms with Gasteiger partial charge in [-0.25, -0.2) is 14.2 Å². The summed E-state index contributed by atoms with van der Waals surface area (Å²) in [7, 11) is 4.25. The van der Waals surface area contributed by atoms with Gasteiger partial charge in [0.25, 0.3) is 11.5 Å². The number of anilines is 1. The number of aliphatic carboxylic acids is 1. The SMILES string of the molecule is COc1nc(-c2cccc(-c3c(F)ccc(NC(=O)c4cn(C)c(=O)n(C)c4=O)c3C)c2Cl)cc2c1C(N1CC(C(=O)O)C1)CC2. The minimum Gasteiger partial charge on any atom is -0.481 e. The maximum absolute atomic E-state index is 15.5. The summed E-state index contributed by atoms with van der Waals surface area (Å²) >= 11 is 6.97. The number of rotatable bonds is 7. The molecule has 11 nitrogen and oxygen atoms in total. The van der Waals surface area contributed by atoms with Crippen molar-refractivity contribution in [3.8, 4) is 28.3 Å². The van der Waals surface area contributed by atoms with Crippen LogP contribution < -0.4 is 21.3 Å². The molecule has 0 spiro atoms. The quantitative estimate of drug-likeness (QED) is 0.305. The van der Waals surface area contributed by atoms with Gasteiger partial charge in [0.1, 0.15) is 11.4 Å². The summed E-state index contributed by atoms with van der Waals surface area (Å²) in [4.78, 5) is 56.1. The Morgan fingerprint density at radius 1 is 1.13 bits per heavy atom. The zero-order valence-corrected chi connectivity index (χ0v) is 26.3. The number of amides is 1. The predicted molar refractivity (Wildman–Crippen MR) is 170 cm³/mol. The first-order chi connectivity index (χ1) is 21.9. The third-order valence-electron chi connectivity index (χ3n) is 8.92. The summed E-state index contributed by atoms with van der Waals surface area (Å²) in [5.74, 6) is -2.04. The van der Waals surface area contributed by atoms with Crippen LogP contribution in [0.5, 0.6) is 5.88 Å². The van der Waals surface area contributed by atoms with E-state index < -0.39 is 28.9 Å². The number of aromatic nitrogens is 3. The smallest absolute Gasteiger partial charge is 0.330 e. The van der Waals surface area contributed by atoms with E-state index in [4.69, 9.17) is 21.3 Å². The molecule has 3 heterocycles. The van der Waals surface area contributed by atoms with Crippen LogP contribution in [0.3, 0.4) is 0 Å². The lowest BCUT2D eigenvalue weighted by Gasteiger charge is -2.41.